The maximum absolute atomic E-state index is 11.2. The van der Waals surface area contributed by atoms with E-state index in [0.29, 0.717) is 5.25 Å². The van der Waals surface area contributed by atoms with Crippen molar-refractivity contribution in [3.8, 4) is 0 Å². The molecule has 0 unspecified atom stereocenters. The molecule has 0 saturated carbocycles. The molecule has 18 heavy (non-hydrogen) atoms. The third-order valence-corrected chi connectivity index (χ3v) is 3.54. The van der Waals surface area contributed by atoms with E-state index in [0.717, 1.165) is 10.5 Å². The van der Waals surface area contributed by atoms with Gasteiger partial charge in [-0.1, -0.05) is 26.0 Å². The van der Waals surface area contributed by atoms with E-state index in [1.165, 1.54) is 6.92 Å². The number of carbonyl (C=O) groups excluding carboxylic acids is 1. The number of carboxylic acids is 1. The lowest BCUT2D eigenvalue weighted by Gasteiger charge is -2.10. The summed E-state index contributed by atoms with van der Waals surface area (Å²) in [5.74, 6) is -2.29. The Morgan fingerprint density at radius 1 is 1.22 bits per heavy atom. The Bertz CT molecular complexity index is 409. The molecular weight excluding hydrogens is 248 g/mol. The van der Waals surface area contributed by atoms with Crippen molar-refractivity contribution < 1.29 is 14.7 Å². The Morgan fingerprint density at radius 2 is 1.78 bits per heavy atom. The van der Waals surface area contributed by atoms with Crippen molar-refractivity contribution in [1.29, 1.82) is 0 Å². The highest BCUT2D eigenvalue weighted by molar-refractivity contribution is 7.99. The fourth-order valence-electron chi connectivity index (χ4n) is 1.62. The molecule has 0 aromatic heterocycles. The average Bonchev–Trinajstić information content (AvgIpc) is 2.26. The van der Waals surface area contributed by atoms with Crippen molar-refractivity contribution in [3.05, 3.63) is 29.8 Å². The summed E-state index contributed by atoms with van der Waals surface area (Å²) in [5, 5.41) is 9.47. The van der Waals surface area contributed by atoms with Crippen LogP contribution in [-0.4, -0.2) is 22.1 Å². The van der Waals surface area contributed by atoms with Crippen LogP contribution < -0.4 is 0 Å². The van der Waals surface area contributed by atoms with Crippen molar-refractivity contribution >= 4 is 23.5 Å². The van der Waals surface area contributed by atoms with Gasteiger partial charge in [-0.2, -0.15) is 0 Å². The summed E-state index contributed by atoms with van der Waals surface area (Å²) < 4.78 is 0. The molecule has 0 fully saturated rings. The van der Waals surface area contributed by atoms with Crippen molar-refractivity contribution in [2.24, 2.45) is 5.92 Å². The van der Waals surface area contributed by atoms with Crippen molar-refractivity contribution in [1.82, 2.24) is 0 Å². The fraction of sp³-hybridized carbons (Fsp3) is 0.429. The Hall–Kier alpha value is -1.29. The number of carbonyl (C=O) groups is 2. The quantitative estimate of drug-likeness (QED) is 0.635. The van der Waals surface area contributed by atoms with Crippen molar-refractivity contribution in [2.45, 2.75) is 37.3 Å². The number of thioether (sulfide) groups is 1. The van der Waals surface area contributed by atoms with Crippen LogP contribution in [0.5, 0.6) is 0 Å². The number of aliphatic carboxylic acids is 1. The molecule has 0 aliphatic rings. The number of hydrogen-bond acceptors (Lipinski definition) is 3. The van der Waals surface area contributed by atoms with Crippen LogP contribution in [0.2, 0.25) is 0 Å². The second-order valence-electron chi connectivity index (χ2n) is 4.52. The smallest absolute Gasteiger partial charge is 0.314 e. The van der Waals surface area contributed by atoms with Gasteiger partial charge in [0, 0.05) is 10.1 Å². The zero-order chi connectivity index (χ0) is 13.7. The van der Waals surface area contributed by atoms with E-state index in [4.69, 9.17) is 5.11 Å². The summed E-state index contributed by atoms with van der Waals surface area (Å²) in [6.07, 6.45) is 0.261. The SMILES string of the molecule is CC(=O)[C@@H](Cc1ccc(SC(C)C)cc1)C(=O)O. The van der Waals surface area contributed by atoms with E-state index in [-0.39, 0.29) is 12.2 Å². The van der Waals surface area contributed by atoms with Gasteiger partial charge in [0.15, 0.2) is 0 Å². The van der Waals surface area contributed by atoms with Crippen molar-refractivity contribution in [3.63, 3.8) is 0 Å². The molecule has 0 radical (unpaired) electrons. The Labute approximate surface area is 112 Å². The Morgan fingerprint density at radius 3 is 2.17 bits per heavy atom. The van der Waals surface area contributed by atoms with E-state index in [2.05, 4.69) is 13.8 Å². The van der Waals surface area contributed by atoms with Crippen molar-refractivity contribution in [2.75, 3.05) is 0 Å². The third kappa shape index (κ3) is 4.53. The minimum atomic E-state index is -1.05. The summed E-state index contributed by atoms with van der Waals surface area (Å²) in [6, 6.07) is 7.73. The molecule has 1 aromatic carbocycles. The van der Waals surface area contributed by atoms with E-state index in [1.54, 1.807) is 11.8 Å². The number of Topliss-reactive ketones (excluding diaryl/α,β-unsaturated/α-hetero) is 1. The first-order valence-electron chi connectivity index (χ1n) is 5.89. The maximum atomic E-state index is 11.2. The molecule has 1 atom stereocenters. The lowest BCUT2D eigenvalue weighted by atomic mass is 9.96. The predicted molar refractivity (Wildman–Crippen MR) is 72.9 cm³/mol. The molecule has 0 bridgehead atoms. The van der Waals surface area contributed by atoms with Crippen LogP contribution in [-0.2, 0) is 16.0 Å². The summed E-state index contributed by atoms with van der Waals surface area (Å²) in [5.41, 5.74) is 0.880. The van der Waals surface area contributed by atoms with Crippen LogP contribution >= 0.6 is 11.8 Å². The third-order valence-electron chi connectivity index (χ3n) is 2.52. The molecule has 4 heteroatoms. The van der Waals surface area contributed by atoms with Gasteiger partial charge in [-0.15, -0.1) is 11.8 Å². The largest absolute Gasteiger partial charge is 0.481 e. The Balaban J connectivity index is 2.73. The molecule has 1 N–H and O–H groups in total. The van der Waals surface area contributed by atoms with Gasteiger partial charge in [-0.05, 0) is 31.0 Å². The first kappa shape index (κ1) is 14.8. The zero-order valence-corrected chi connectivity index (χ0v) is 11.7. The number of ketones is 1. The minimum Gasteiger partial charge on any atom is -0.481 e. The zero-order valence-electron chi connectivity index (χ0n) is 10.8. The summed E-state index contributed by atoms with van der Waals surface area (Å²) >= 11 is 1.76. The molecule has 0 aliphatic heterocycles. The van der Waals surface area contributed by atoms with Gasteiger partial charge in [0.2, 0.25) is 0 Å². The van der Waals surface area contributed by atoms with Crippen LogP contribution in [0.4, 0.5) is 0 Å². The maximum Gasteiger partial charge on any atom is 0.314 e. The van der Waals surface area contributed by atoms with Gasteiger partial charge in [-0.3, -0.25) is 9.59 Å². The highest BCUT2D eigenvalue weighted by atomic mass is 32.2. The molecule has 0 spiro atoms. The highest BCUT2D eigenvalue weighted by Gasteiger charge is 2.22. The normalized spacial score (nSPS) is 12.4. The summed E-state index contributed by atoms with van der Waals surface area (Å²) in [6.45, 7) is 5.56. The van der Waals surface area contributed by atoms with Crippen LogP contribution in [0.15, 0.2) is 29.2 Å². The standard InChI is InChI=1S/C14H18O3S/c1-9(2)18-12-6-4-11(5-7-12)8-13(10(3)15)14(16)17/h4-7,9,13H,8H2,1-3H3,(H,16,17)/t13-/m1/s1. The summed E-state index contributed by atoms with van der Waals surface area (Å²) in [4.78, 5) is 23.3. The lowest BCUT2D eigenvalue weighted by molar-refractivity contribution is -0.145. The van der Waals surface area contributed by atoms with Gasteiger partial charge in [0.25, 0.3) is 0 Å². The molecule has 0 saturated heterocycles. The molecule has 1 aromatic rings. The lowest BCUT2D eigenvalue weighted by Crippen LogP contribution is -2.23. The first-order chi connectivity index (χ1) is 8.40. The minimum absolute atomic E-state index is 0.261. The van der Waals surface area contributed by atoms with Crippen LogP contribution in [0.3, 0.4) is 0 Å². The van der Waals surface area contributed by atoms with E-state index >= 15 is 0 Å². The molecular formula is C14H18O3S. The Kier molecular flexibility index (Phi) is 5.41. The number of rotatable bonds is 6. The number of benzene rings is 1. The molecule has 0 amide bonds. The van der Waals surface area contributed by atoms with Gasteiger partial charge in [-0.25, -0.2) is 0 Å². The van der Waals surface area contributed by atoms with Crippen LogP contribution in [0.1, 0.15) is 26.3 Å². The monoisotopic (exact) mass is 266 g/mol. The van der Waals surface area contributed by atoms with Gasteiger partial charge >= 0.3 is 5.97 Å². The topological polar surface area (TPSA) is 54.4 Å². The summed E-state index contributed by atoms with van der Waals surface area (Å²) in [7, 11) is 0. The molecule has 98 valence electrons. The second kappa shape index (κ2) is 6.59. The molecule has 0 aliphatic carbocycles. The first-order valence-corrected chi connectivity index (χ1v) is 6.77. The number of carboxylic acid groups (broad SMARTS) is 1. The number of hydrogen-bond donors (Lipinski definition) is 1. The van der Waals surface area contributed by atoms with Gasteiger partial charge < -0.3 is 5.11 Å². The van der Waals surface area contributed by atoms with E-state index < -0.39 is 11.9 Å². The van der Waals surface area contributed by atoms with Gasteiger partial charge in [0.1, 0.15) is 11.7 Å². The predicted octanol–water partition coefficient (Wildman–Crippen LogP) is 3.02. The molecule has 1 rings (SSSR count). The molecule has 3 nitrogen and oxygen atoms in total. The van der Waals surface area contributed by atoms with E-state index in [1.807, 2.05) is 24.3 Å². The highest BCUT2D eigenvalue weighted by Crippen LogP contribution is 2.23. The van der Waals surface area contributed by atoms with Crippen LogP contribution in [0.25, 0.3) is 0 Å². The van der Waals surface area contributed by atoms with E-state index in [9.17, 15) is 9.59 Å². The second-order valence-corrected chi connectivity index (χ2v) is 6.17. The molecule has 0 heterocycles. The van der Waals surface area contributed by atoms with Gasteiger partial charge in [0.05, 0.1) is 0 Å². The average molecular weight is 266 g/mol. The van der Waals surface area contributed by atoms with Crippen LogP contribution in [0, 0.1) is 5.92 Å². The fourth-order valence-corrected chi connectivity index (χ4v) is 2.45.